The Hall–Kier alpha value is -0.610. The molecule has 0 atom stereocenters. The summed E-state index contributed by atoms with van der Waals surface area (Å²) in [7, 11) is 1.96. The summed E-state index contributed by atoms with van der Waals surface area (Å²) in [5.74, 6) is 0.141. The lowest BCUT2D eigenvalue weighted by atomic mass is 10.2. The van der Waals surface area contributed by atoms with Gasteiger partial charge in [-0.1, -0.05) is 0 Å². The highest BCUT2D eigenvalue weighted by Crippen LogP contribution is 2.18. The highest BCUT2D eigenvalue weighted by molar-refractivity contribution is 5.78. The molecular weight excluding hydrogens is 192 g/mol. The van der Waals surface area contributed by atoms with E-state index in [1.165, 1.54) is 0 Å². The third kappa shape index (κ3) is 6.47. The van der Waals surface area contributed by atoms with Crippen molar-refractivity contribution >= 4 is 5.91 Å². The Balaban J connectivity index is 1.96. The van der Waals surface area contributed by atoms with Crippen LogP contribution in [-0.4, -0.2) is 48.7 Å². The Bertz CT molecular complexity index is 193. The molecule has 0 saturated heterocycles. The number of nitrogens with zero attached hydrogens (tertiary/aromatic N) is 1. The Morgan fingerprint density at radius 2 is 2.13 bits per heavy atom. The van der Waals surface area contributed by atoms with Gasteiger partial charge in [-0.15, -0.1) is 0 Å². The lowest BCUT2D eigenvalue weighted by Crippen LogP contribution is -2.36. The first kappa shape index (κ1) is 12.5. The first-order valence-electron chi connectivity index (χ1n) is 5.81. The van der Waals surface area contributed by atoms with Crippen LogP contribution in [0.3, 0.4) is 0 Å². The van der Waals surface area contributed by atoms with Gasteiger partial charge in [0.25, 0.3) is 0 Å². The summed E-state index contributed by atoms with van der Waals surface area (Å²) in [6, 6.07) is 0.459. The third-order valence-corrected chi connectivity index (χ3v) is 2.55. The maximum Gasteiger partial charge on any atom is 0.234 e. The van der Waals surface area contributed by atoms with Crippen molar-refractivity contribution in [1.82, 2.24) is 10.2 Å². The van der Waals surface area contributed by atoms with Gasteiger partial charge in [-0.2, -0.15) is 0 Å². The van der Waals surface area contributed by atoms with Crippen molar-refractivity contribution in [3.8, 4) is 0 Å². The minimum absolute atomic E-state index is 0.141. The van der Waals surface area contributed by atoms with Gasteiger partial charge >= 0.3 is 0 Å². The quantitative estimate of drug-likeness (QED) is 0.574. The summed E-state index contributed by atoms with van der Waals surface area (Å²) in [4.78, 5) is 13.4. The highest BCUT2D eigenvalue weighted by Gasteiger charge is 2.23. The molecule has 0 spiro atoms. The molecule has 0 aromatic carbocycles. The van der Waals surface area contributed by atoms with E-state index in [0.29, 0.717) is 12.6 Å². The number of hydrogen-bond donors (Lipinski definition) is 2. The van der Waals surface area contributed by atoms with Crippen molar-refractivity contribution < 1.29 is 9.90 Å². The van der Waals surface area contributed by atoms with Crippen LogP contribution in [0.1, 0.15) is 32.1 Å². The predicted octanol–water partition coefficient (Wildman–Crippen LogP) is 0.359. The molecule has 0 bridgehead atoms. The van der Waals surface area contributed by atoms with Gasteiger partial charge in [-0.05, 0) is 45.7 Å². The van der Waals surface area contributed by atoms with Crippen molar-refractivity contribution in [1.29, 1.82) is 0 Å². The zero-order valence-corrected chi connectivity index (χ0v) is 9.54. The lowest BCUT2D eigenvalue weighted by molar-refractivity contribution is -0.122. The number of nitrogens with one attached hydrogen (secondary N) is 1. The van der Waals surface area contributed by atoms with E-state index < -0.39 is 0 Å². The topological polar surface area (TPSA) is 52.6 Å². The van der Waals surface area contributed by atoms with E-state index in [4.69, 9.17) is 5.11 Å². The average molecular weight is 214 g/mol. The van der Waals surface area contributed by atoms with Gasteiger partial charge in [0.15, 0.2) is 0 Å². The van der Waals surface area contributed by atoms with E-state index in [0.717, 1.165) is 38.6 Å². The van der Waals surface area contributed by atoms with Crippen molar-refractivity contribution in [2.45, 2.75) is 38.1 Å². The molecule has 0 aromatic rings. The summed E-state index contributed by atoms with van der Waals surface area (Å²) in [6.45, 7) is 1.69. The molecule has 0 aromatic heterocycles. The Kier molecular flexibility index (Phi) is 5.65. The second-order valence-electron chi connectivity index (χ2n) is 4.36. The minimum Gasteiger partial charge on any atom is -0.396 e. The number of aliphatic hydroxyl groups excluding tert-OH is 1. The normalized spacial score (nSPS) is 15.7. The van der Waals surface area contributed by atoms with Crippen LogP contribution in [-0.2, 0) is 4.79 Å². The van der Waals surface area contributed by atoms with Crippen molar-refractivity contribution in [2.24, 2.45) is 0 Å². The molecule has 4 heteroatoms. The molecule has 4 nitrogen and oxygen atoms in total. The Labute approximate surface area is 91.6 Å². The van der Waals surface area contributed by atoms with Gasteiger partial charge in [-0.25, -0.2) is 0 Å². The van der Waals surface area contributed by atoms with E-state index in [-0.39, 0.29) is 12.5 Å². The van der Waals surface area contributed by atoms with E-state index in [1.807, 2.05) is 11.9 Å². The van der Waals surface area contributed by atoms with E-state index in [2.05, 4.69) is 5.32 Å². The standard InChI is InChI=1S/C11H22N2O2/c1-13(7-3-2-4-8-14)9-11(15)12-10-5-6-10/h10,14H,2-9H2,1H3,(H,12,15). The minimum atomic E-state index is 0.141. The number of amides is 1. The van der Waals surface area contributed by atoms with Crippen LogP contribution in [0.15, 0.2) is 0 Å². The second kappa shape index (κ2) is 6.80. The fourth-order valence-corrected chi connectivity index (χ4v) is 1.50. The number of unbranched alkanes of at least 4 members (excludes halogenated alkanes) is 2. The maximum absolute atomic E-state index is 11.4. The maximum atomic E-state index is 11.4. The molecule has 0 heterocycles. The number of rotatable bonds is 8. The van der Waals surface area contributed by atoms with Gasteiger partial charge in [0.1, 0.15) is 0 Å². The molecule has 2 N–H and O–H groups in total. The SMILES string of the molecule is CN(CCCCCO)CC(=O)NC1CC1. The van der Waals surface area contributed by atoms with Gasteiger partial charge in [-0.3, -0.25) is 9.69 Å². The fourth-order valence-electron chi connectivity index (χ4n) is 1.50. The predicted molar refractivity (Wildman–Crippen MR) is 59.6 cm³/mol. The van der Waals surface area contributed by atoms with Crippen LogP contribution >= 0.6 is 0 Å². The van der Waals surface area contributed by atoms with Gasteiger partial charge in [0.2, 0.25) is 5.91 Å². The lowest BCUT2D eigenvalue weighted by Gasteiger charge is -2.15. The zero-order chi connectivity index (χ0) is 11.1. The monoisotopic (exact) mass is 214 g/mol. The van der Waals surface area contributed by atoms with Crippen molar-refractivity contribution in [2.75, 3.05) is 26.7 Å². The fraction of sp³-hybridized carbons (Fsp3) is 0.909. The number of aliphatic hydroxyl groups is 1. The zero-order valence-electron chi connectivity index (χ0n) is 9.54. The molecule has 15 heavy (non-hydrogen) atoms. The van der Waals surface area contributed by atoms with E-state index >= 15 is 0 Å². The van der Waals surface area contributed by atoms with Crippen LogP contribution in [0, 0.1) is 0 Å². The molecule has 0 aliphatic heterocycles. The Morgan fingerprint density at radius 1 is 1.40 bits per heavy atom. The van der Waals surface area contributed by atoms with Crippen LogP contribution in [0.2, 0.25) is 0 Å². The number of carbonyl (C=O) groups is 1. The molecular formula is C11H22N2O2. The molecule has 0 radical (unpaired) electrons. The highest BCUT2D eigenvalue weighted by atomic mass is 16.2. The number of likely N-dealkylation sites (N-methyl/N-ethyl adjacent to an activating group) is 1. The number of carbonyl (C=O) groups excluding carboxylic acids is 1. The second-order valence-corrected chi connectivity index (χ2v) is 4.36. The van der Waals surface area contributed by atoms with Crippen LogP contribution in [0.5, 0.6) is 0 Å². The first-order valence-corrected chi connectivity index (χ1v) is 5.81. The summed E-state index contributed by atoms with van der Waals surface area (Å²) in [5.41, 5.74) is 0. The summed E-state index contributed by atoms with van der Waals surface area (Å²) >= 11 is 0. The molecule has 88 valence electrons. The molecule has 1 amide bonds. The average Bonchev–Trinajstić information content (AvgIpc) is 2.96. The van der Waals surface area contributed by atoms with Crippen LogP contribution in [0.4, 0.5) is 0 Å². The van der Waals surface area contributed by atoms with E-state index in [1.54, 1.807) is 0 Å². The molecule has 1 fully saturated rings. The largest absolute Gasteiger partial charge is 0.396 e. The smallest absolute Gasteiger partial charge is 0.234 e. The van der Waals surface area contributed by atoms with Gasteiger partial charge in [0, 0.05) is 12.6 Å². The van der Waals surface area contributed by atoms with Crippen LogP contribution < -0.4 is 5.32 Å². The molecule has 1 aliphatic rings. The third-order valence-electron chi connectivity index (χ3n) is 2.55. The van der Waals surface area contributed by atoms with Gasteiger partial charge in [0.05, 0.1) is 6.54 Å². The first-order chi connectivity index (χ1) is 7.22. The summed E-state index contributed by atoms with van der Waals surface area (Å²) in [5, 5.41) is 11.6. The van der Waals surface area contributed by atoms with E-state index in [9.17, 15) is 4.79 Å². The summed E-state index contributed by atoms with van der Waals surface area (Å²) < 4.78 is 0. The van der Waals surface area contributed by atoms with Crippen molar-refractivity contribution in [3.05, 3.63) is 0 Å². The van der Waals surface area contributed by atoms with Gasteiger partial charge < -0.3 is 10.4 Å². The van der Waals surface area contributed by atoms with Crippen LogP contribution in [0.25, 0.3) is 0 Å². The molecule has 1 rings (SSSR count). The number of hydrogen-bond acceptors (Lipinski definition) is 3. The van der Waals surface area contributed by atoms with Crippen molar-refractivity contribution in [3.63, 3.8) is 0 Å². The molecule has 1 aliphatic carbocycles. The summed E-state index contributed by atoms with van der Waals surface area (Å²) in [6.07, 6.45) is 5.23. The molecule has 1 saturated carbocycles. The molecule has 0 unspecified atom stereocenters. The Morgan fingerprint density at radius 3 is 2.73 bits per heavy atom.